The van der Waals surface area contributed by atoms with E-state index < -0.39 is 9.84 Å². The van der Waals surface area contributed by atoms with Crippen molar-refractivity contribution in [2.75, 3.05) is 23.9 Å². The zero-order valence-electron chi connectivity index (χ0n) is 12.1. The first kappa shape index (κ1) is 15.3. The fourth-order valence-electron chi connectivity index (χ4n) is 1.94. The summed E-state index contributed by atoms with van der Waals surface area (Å²) in [5, 5.41) is 7.29. The largest absolute Gasteiger partial charge is 0.382 e. The third kappa shape index (κ3) is 3.33. The summed E-state index contributed by atoms with van der Waals surface area (Å²) in [7, 11) is -3.49. The van der Waals surface area contributed by atoms with Crippen LogP contribution in [0.5, 0.6) is 0 Å². The lowest BCUT2D eigenvalue weighted by molar-refractivity contribution is 0.602. The molecule has 3 N–H and O–H groups in total. The highest BCUT2D eigenvalue weighted by Crippen LogP contribution is 2.28. The molecule has 0 radical (unpaired) electrons. The van der Waals surface area contributed by atoms with Crippen LogP contribution in [-0.2, 0) is 9.84 Å². The molecule has 21 heavy (non-hydrogen) atoms. The van der Waals surface area contributed by atoms with Crippen molar-refractivity contribution in [1.29, 1.82) is 0 Å². The van der Waals surface area contributed by atoms with Gasteiger partial charge in [-0.3, -0.25) is 0 Å². The minimum absolute atomic E-state index is 0.0178. The molecule has 0 atom stereocenters. The van der Waals surface area contributed by atoms with Gasteiger partial charge in [0.05, 0.1) is 0 Å². The van der Waals surface area contributed by atoms with Crippen molar-refractivity contribution in [1.82, 2.24) is 14.8 Å². The standard InChI is InChI=1S/C13H19N5O2S/c1-3-4-8-16-13-11(21(2,19)20)12(14)18(17-13)10-7-5-6-9-15-10/h5-7,9H,3-4,8,14H2,1-2H3,(H,16,17). The average molecular weight is 309 g/mol. The molecule has 8 heteroatoms. The Hall–Kier alpha value is -2.09. The lowest BCUT2D eigenvalue weighted by Crippen LogP contribution is -2.07. The number of unbranched alkanes of at least 4 members (excludes halogenated alkanes) is 1. The Labute approximate surface area is 124 Å². The normalized spacial score (nSPS) is 11.5. The van der Waals surface area contributed by atoms with Crippen molar-refractivity contribution in [3.8, 4) is 5.82 Å². The predicted octanol–water partition coefficient (Wildman–Crippen LogP) is 1.46. The Morgan fingerprint density at radius 1 is 1.38 bits per heavy atom. The molecule has 0 aliphatic rings. The average Bonchev–Trinajstić information content (AvgIpc) is 2.77. The molecule has 0 unspecified atom stereocenters. The second kappa shape index (κ2) is 6.13. The maximum absolute atomic E-state index is 12.0. The van der Waals surface area contributed by atoms with Crippen LogP contribution in [0.25, 0.3) is 5.82 Å². The number of hydrogen-bond donors (Lipinski definition) is 2. The van der Waals surface area contributed by atoms with Crippen LogP contribution in [0.1, 0.15) is 19.8 Å². The van der Waals surface area contributed by atoms with Crippen molar-refractivity contribution in [3.63, 3.8) is 0 Å². The molecule has 0 spiro atoms. The number of nitrogen functional groups attached to an aromatic ring is 1. The number of anilines is 2. The van der Waals surface area contributed by atoms with Crippen LogP contribution < -0.4 is 11.1 Å². The molecule has 0 amide bonds. The predicted molar refractivity (Wildman–Crippen MR) is 82.3 cm³/mol. The molecular weight excluding hydrogens is 290 g/mol. The highest BCUT2D eigenvalue weighted by molar-refractivity contribution is 7.91. The van der Waals surface area contributed by atoms with E-state index >= 15 is 0 Å². The first-order valence-corrected chi connectivity index (χ1v) is 8.58. The molecule has 0 bridgehead atoms. The Bertz CT molecular complexity index is 710. The van der Waals surface area contributed by atoms with Crippen molar-refractivity contribution in [2.24, 2.45) is 0 Å². The van der Waals surface area contributed by atoms with Gasteiger partial charge in [-0.2, -0.15) is 4.68 Å². The van der Waals surface area contributed by atoms with Crippen LogP contribution in [0.3, 0.4) is 0 Å². The van der Waals surface area contributed by atoms with Crippen LogP contribution in [0.15, 0.2) is 29.3 Å². The summed E-state index contributed by atoms with van der Waals surface area (Å²) in [4.78, 5) is 4.16. The molecule has 0 aliphatic carbocycles. The molecule has 2 aromatic rings. The summed E-state index contributed by atoms with van der Waals surface area (Å²) in [6, 6.07) is 5.26. The van der Waals surface area contributed by atoms with Crippen LogP contribution >= 0.6 is 0 Å². The maximum Gasteiger partial charge on any atom is 0.182 e. The summed E-state index contributed by atoms with van der Waals surface area (Å²) < 4.78 is 25.3. The number of pyridine rings is 1. The lowest BCUT2D eigenvalue weighted by Gasteiger charge is -2.03. The van der Waals surface area contributed by atoms with E-state index in [1.807, 2.05) is 0 Å². The fourth-order valence-corrected chi connectivity index (χ4v) is 2.87. The third-order valence-electron chi connectivity index (χ3n) is 2.94. The highest BCUT2D eigenvalue weighted by atomic mass is 32.2. The highest BCUT2D eigenvalue weighted by Gasteiger charge is 2.24. The monoisotopic (exact) mass is 309 g/mol. The van der Waals surface area contributed by atoms with Gasteiger partial charge in [0.2, 0.25) is 0 Å². The van der Waals surface area contributed by atoms with E-state index in [9.17, 15) is 8.42 Å². The van der Waals surface area contributed by atoms with Gasteiger partial charge in [-0.05, 0) is 18.6 Å². The summed E-state index contributed by atoms with van der Waals surface area (Å²) >= 11 is 0. The second-order valence-corrected chi connectivity index (χ2v) is 6.67. The minimum Gasteiger partial charge on any atom is -0.382 e. The first-order chi connectivity index (χ1) is 9.95. The van der Waals surface area contributed by atoms with Gasteiger partial charge in [0.25, 0.3) is 0 Å². The zero-order chi connectivity index (χ0) is 15.5. The zero-order valence-corrected chi connectivity index (χ0v) is 12.9. The van der Waals surface area contributed by atoms with Crippen molar-refractivity contribution < 1.29 is 8.42 Å². The van der Waals surface area contributed by atoms with Gasteiger partial charge in [-0.25, -0.2) is 13.4 Å². The van der Waals surface area contributed by atoms with E-state index in [0.29, 0.717) is 12.4 Å². The van der Waals surface area contributed by atoms with Crippen molar-refractivity contribution in [3.05, 3.63) is 24.4 Å². The van der Waals surface area contributed by atoms with Gasteiger partial charge in [0.15, 0.2) is 26.4 Å². The summed E-state index contributed by atoms with van der Waals surface area (Å²) in [5.41, 5.74) is 5.97. The number of aromatic nitrogens is 3. The molecule has 0 saturated heterocycles. The van der Waals surface area contributed by atoms with Gasteiger partial charge in [0, 0.05) is 19.0 Å². The van der Waals surface area contributed by atoms with Gasteiger partial charge in [0.1, 0.15) is 5.82 Å². The molecule has 2 rings (SSSR count). The third-order valence-corrected chi connectivity index (χ3v) is 4.08. The second-order valence-electron chi connectivity index (χ2n) is 4.72. The molecule has 0 aromatic carbocycles. The van der Waals surface area contributed by atoms with E-state index in [0.717, 1.165) is 19.1 Å². The molecule has 7 nitrogen and oxygen atoms in total. The van der Waals surface area contributed by atoms with Crippen LogP contribution in [0.2, 0.25) is 0 Å². The topological polar surface area (TPSA) is 103 Å². The number of rotatable bonds is 6. The van der Waals surface area contributed by atoms with Crippen LogP contribution in [-0.4, -0.2) is 36.0 Å². The van der Waals surface area contributed by atoms with Crippen LogP contribution in [0, 0.1) is 0 Å². The SMILES string of the molecule is CCCCNc1nn(-c2ccccn2)c(N)c1S(C)(=O)=O. The molecule has 0 saturated carbocycles. The van der Waals surface area contributed by atoms with Gasteiger partial charge in [-0.15, -0.1) is 5.10 Å². The molecule has 0 fully saturated rings. The molecular formula is C13H19N5O2S. The smallest absolute Gasteiger partial charge is 0.182 e. The first-order valence-electron chi connectivity index (χ1n) is 6.69. The number of nitrogens with one attached hydrogen (secondary N) is 1. The van der Waals surface area contributed by atoms with E-state index in [1.54, 1.807) is 24.4 Å². The van der Waals surface area contributed by atoms with Gasteiger partial charge >= 0.3 is 0 Å². The number of nitrogens with zero attached hydrogens (tertiary/aromatic N) is 3. The number of hydrogen-bond acceptors (Lipinski definition) is 6. The van der Waals surface area contributed by atoms with Gasteiger partial charge in [-0.1, -0.05) is 19.4 Å². The van der Waals surface area contributed by atoms with E-state index in [4.69, 9.17) is 5.73 Å². The Morgan fingerprint density at radius 2 is 2.14 bits per heavy atom. The quantitative estimate of drug-likeness (QED) is 0.783. The van der Waals surface area contributed by atoms with E-state index in [2.05, 4.69) is 22.3 Å². The summed E-state index contributed by atoms with van der Waals surface area (Å²) in [6.45, 7) is 2.69. The van der Waals surface area contributed by atoms with Crippen molar-refractivity contribution >= 4 is 21.5 Å². The Morgan fingerprint density at radius 3 is 2.71 bits per heavy atom. The molecule has 114 valence electrons. The fraction of sp³-hybridized carbons (Fsp3) is 0.385. The molecule has 2 aromatic heterocycles. The van der Waals surface area contributed by atoms with Gasteiger partial charge < -0.3 is 11.1 Å². The molecule has 0 aliphatic heterocycles. The Balaban J connectivity index is 2.50. The summed E-state index contributed by atoms with van der Waals surface area (Å²) in [5.74, 6) is 0.813. The van der Waals surface area contributed by atoms with Crippen LogP contribution in [0.4, 0.5) is 11.6 Å². The van der Waals surface area contributed by atoms with E-state index in [-0.39, 0.29) is 16.5 Å². The molecule has 2 heterocycles. The van der Waals surface area contributed by atoms with E-state index in [1.165, 1.54) is 4.68 Å². The Kier molecular flexibility index (Phi) is 4.46. The minimum atomic E-state index is -3.49. The summed E-state index contributed by atoms with van der Waals surface area (Å²) in [6.07, 6.45) is 4.63. The number of nitrogens with two attached hydrogens (primary N) is 1. The van der Waals surface area contributed by atoms with Crippen molar-refractivity contribution in [2.45, 2.75) is 24.7 Å². The number of sulfone groups is 1. The lowest BCUT2D eigenvalue weighted by atomic mass is 10.3. The maximum atomic E-state index is 12.0.